The van der Waals surface area contributed by atoms with Crippen LogP contribution in [-0.4, -0.2) is 47.0 Å². The number of hydrogen-bond acceptors (Lipinski definition) is 5. The molecule has 2 unspecified atom stereocenters. The van der Waals surface area contributed by atoms with E-state index < -0.39 is 12.1 Å². The second-order valence-corrected chi connectivity index (χ2v) is 5.51. The third-order valence-electron chi connectivity index (χ3n) is 3.27. The molecule has 7 heteroatoms. The van der Waals surface area contributed by atoms with Crippen LogP contribution in [0.15, 0.2) is 11.6 Å². The molecule has 0 aromatic carbocycles. The van der Waals surface area contributed by atoms with Crippen molar-refractivity contribution in [3.63, 3.8) is 0 Å². The van der Waals surface area contributed by atoms with E-state index in [0.29, 0.717) is 24.7 Å². The van der Waals surface area contributed by atoms with Gasteiger partial charge in [-0.25, -0.2) is 4.98 Å². The van der Waals surface area contributed by atoms with Gasteiger partial charge in [-0.05, 0) is 26.7 Å². The van der Waals surface area contributed by atoms with Gasteiger partial charge in [0.15, 0.2) is 5.13 Å². The van der Waals surface area contributed by atoms with Gasteiger partial charge in [0.25, 0.3) is 5.91 Å². The molecule has 1 aliphatic heterocycles. The highest BCUT2D eigenvalue weighted by atomic mass is 32.1. The molecule has 0 bridgehead atoms. The van der Waals surface area contributed by atoms with Gasteiger partial charge in [-0.1, -0.05) is 0 Å². The molecule has 0 aliphatic carbocycles. The van der Waals surface area contributed by atoms with Gasteiger partial charge in [0.05, 0.1) is 0 Å². The number of anilines is 1. The number of carbonyl (C=O) groups is 2. The number of hydrogen-bond donors (Lipinski definition) is 1. The van der Waals surface area contributed by atoms with Gasteiger partial charge in [0, 0.05) is 24.7 Å². The maximum atomic E-state index is 12.3. The molecule has 2 rings (SSSR count). The molecule has 1 N–H and O–H groups in total. The minimum Gasteiger partial charge on any atom is -0.369 e. The highest BCUT2D eigenvalue weighted by Crippen LogP contribution is 2.21. The van der Waals surface area contributed by atoms with E-state index in [2.05, 4.69) is 10.3 Å². The summed E-state index contributed by atoms with van der Waals surface area (Å²) in [4.78, 5) is 30.1. The van der Waals surface area contributed by atoms with E-state index in [1.165, 1.54) is 11.3 Å². The zero-order valence-corrected chi connectivity index (χ0v) is 12.5. The molecular formula is C13H19N3O3S. The summed E-state index contributed by atoms with van der Waals surface area (Å²) in [7, 11) is 0. The van der Waals surface area contributed by atoms with Crippen molar-refractivity contribution in [1.82, 2.24) is 9.88 Å². The number of carbonyl (C=O) groups excluding carboxylic acids is 2. The van der Waals surface area contributed by atoms with E-state index in [1.807, 2.05) is 6.92 Å². The minimum atomic E-state index is -0.506. The van der Waals surface area contributed by atoms with Gasteiger partial charge in [0.2, 0.25) is 5.91 Å². The Kier molecular flexibility index (Phi) is 5.08. The standard InChI is InChI=1S/C13H19N3O3S/c1-3-19-9(2)12(18)16-7-4-5-10(16)11(17)15-13-14-6-8-20-13/h6,8-10H,3-5,7H2,1-2H3,(H,14,15,17). The van der Waals surface area contributed by atoms with Crippen LogP contribution >= 0.6 is 11.3 Å². The van der Waals surface area contributed by atoms with Crippen molar-refractivity contribution in [2.45, 2.75) is 38.8 Å². The number of likely N-dealkylation sites (tertiary alicyclic amines) is 1. The van der Waals surface area contributed by atoms with Gasteiger partial charge in [-0.15, -0.1) is 11.3 Å². The van der Waals surface area contributed by atoms with E-state index in [9.17, 15) is 9.59 Å². The smallest absolute Gasteiger partial charge is 0.252 e. The summed E-state index contributed by atoms with van der Waals surface area (Å²) < 4.78 is 5.32. The van der Waals surface area contributed by atoms with Crippen molar-refractivity contribution in [2.75, 3.05) is 18.5 Å². The Morgan fingerprint density at radius 3 is 3.10 bits per heavy atom. The number of thiazole rings is 1. The summed E-state index contributed by atoms with van der Waals surface area (Å²) >= 11 is 1.36. The molecule has 110 valence electrons. The summed E-state index contributed by atoms with van der Waals surface area (Å²) in [5.41, 5.74) is 0. The van der Waals surface area contributed by atoms with Gasteiger partial charge >= 0.3 is 0 Å². The highest BCUT2D eigenvalue weighted by Gasteiger charge is 2.36. The molecular weight excluding hydrogens is 278 g/mol. The van der Waals surface area contributed by atoms with Crippen LogP contribution in [-0.2, 0) is 14.3 Å². The predicted molar refractivity (Wildman–Crippen MR) is 76.6 cm³/mol. The molecule has 1 saturated heterocycles. The number of nitrogens with zero attached hydrogens (tertiary/aromatic N) is 2. The topological polar surface area (TPSA) is 71.5 Å². The Balaban J connectivity index is 1.99. The third-order valence-corrected chi connectivity index (χ3v) is 3.95. The van der Waals surface area contributed by atoms with Gasteiger partial charge < -0.3 is 15.0 Å². The van der Waals surface area contributed by atoms with Crippen LogP contribution in [0.1, 0.15) is 26.7 Å². The highest BCUT2D eigenvalue weighted by molar-refractivity contribution is 7.13. The van der Waals surface area contributed by atoms with Crippen LogP contribution < -0.4 is 5.32 Å². The van der Waals surface area contributed by atoms with Crippen LogP contribution in [0.5, 0.6) is 0 Å². The molecule has 1 aliphatic rings. The fraction of sp³-hybridized carbons (Fsp3) is 0.615. The number of ether oxygens (including phenoxy) is 1. The first-order valence-electron chi connectivity index (χ1n) is 6.76. The summed E-state index contributed by atoms with van der Waals surface area (Å²) in [6, 6.07) is -0.422. The van der Waals surface area contributed by atoms with E-state index in [4.69, 9.17) is 4.74 Å². The molecule has 0 spiro atoms. The van der Waals surface area contributed by atoms with Crippen molar-refractivity contribution in [1.29, 1.82) is 0 Å². The van der Waals surface area contributed by atoms with Crippen molar-refractivity contribution in [3.8, 4) is 0 Å². The zero-order valence-electron chi connectivity index (χ0n) is 11.7. The van der Waals surface area contributed by atoms with E-state index in [0.717, 1.165) is 6.42 Å². The Morgan fingerprint density at radius 2 is 2.45 bits per heavy atom. The summed E-state index contributed by atoms with van der Waals surface area (Å²) in [6.45, 7) is 4.66. The van der Waals surface area contributed by atoms with Gasteiger partial charge in [-0.2, -0.15) is 0 Å². The molecule has 2 atom stereocenters. The van der Waals surface area contributed by atoms with Crippen LogP contribution in [0, 0.1) is 0 Å². The van der Waals surface area contributed by atoms with E-state index in [-0.39, 0.29) is 11.8 Å². The van der Waals surface area contributed by atoms with Crippen molar-refractivity contribution < 1.29 is 14.3 Å². The molecule has 2 amide bonds. The number of amides is 2. The van der Waals surface area contributed by atoms with Crippen LogP contribution in [0.3, 0.4) is 0 Å². The average Bonchev–Trinajstić information content (AvgIpc) is 3.08. The lowest BCUT2D eigenvalue weighted by molar-refractivity contribution is -0.145. The summed E-state index contributed by atoms with van der Waals surface area (Å²) in [5.74, 6) is -0.293. The zero-order chi connectivity index (χ0) is 14.5. The molecule has 1 aromatic rings. The predicted octanol–water partition coefficient (Wildman–Crippen LogP) is 1.50. The average molecular weight is 297 g/mol. The first-order valence-corrected chi connectivity index (χ1v) is 7.64. The molecule has 0 radical (unpaired) electrons. The molecule has 20 heavy (non-hydrogen) atoms. The first kappa shape index (κ1) is 14.9. The second kappa shape index (κ2) is 6.81. The molecule has 1 fully saturated rings. The summed E-state index contributed by atoms with van der Waals surface area (Å²) in [6.07, 6.45) is 2.64. The van der Waals surface area contributed by atoms with Crippen LogP contribution in [0.4, 0.5) is 5.13 Å². The Labute approximate surface area is 122 Å². The maximum absolute atomic E-state index is 12.3. The Hall–Kier alpha value is -1.47. The lowest BCUT2D eigenvalue weighted by Gasteiger charge is -2.26. The first-order chi connectivity index (χ1) is 9.63. The summed E-state index contributed by atoms with van der Waals surface area (Å²) in [5, 5.41) is 5.11. The molecule has 0 saturated carbocycles. The SMILES string of the molecule is CCOC(C)C(=O)N1CCCC1C(=O)Nc1nccs1. The third kappa shape index (κ3) is 3.34. The lowest BCUT2D eigenvalue weighted by atomic mass is 10.2. The monoisotopic (exact) mass is 297 g/mol. The van der Waals surface area contributed by atoms with Crippen molar-refractivity contribution in [3.05, 3.63) is 11.6 Å². The normalized spacial score (nSPS) is 19.9. The van der Waals surface area contributed by atoms with E-state index in [1.54, 1.807) is 23.4 Å². The molecule has 2 heterocycles. The van der Waals surface area contributed by atoms with Crippen molar-refractivity contribution in [2.24, 2.45) is 0 Å². The van der Waals surface area contributed by atoms with Gasteiger partial charge in [0.1, 0.15) is 12.1 Å². The number of nitrogens with one attached hydrogen (secondary N) is 1. The number of rotatable bonds is 5. The minimum absolute atomic E-state index is 0.122. The van der Waals surface area contributed by atoms with E-state index >= 15 is 0 Å². The molecule has 1 aromatic heterocycles. The second-order valence-electron chi connectivity index (χ2n) is 4.61. The molecule has 6 nitrogen and oxygen atoms in total. The fourth-order valence-corrected chi connectivity index (χ4v) is 2.86. The van der Waals surface area contributed by atoms with Gasteiger partial charge in [-0.3, -0.25) is 9.59 Å². The van der Waals surface area contributed by atoms with Crippen LogP contribution in [0.2, 0.25) is 0 Å². The van der Waals surface area contributed by atoms with Crippen molar-refractivity contribution >= 4 is 28.3 Å². The van der Waals surface area contributed by atoms with Crippen LogP contribution in [0.25, 0.3) is 0 Å². The fourth-order valence-electron chi connectivity index (χ4n) is 2.33. The Bertz CT molecular complexity index is 463. The maximum Gasteiger partial charge on any atom is 0.252 e. The lowest BCUT2D eigenvalue weighted by Crippen LogP contribution is -2.47. The number of aromatic nitrogens is 1. The quantitative estimate of drug-likeness (QED) is 0.894. The Morgan fingerprint density at radius 1 is 1.65 bits per heavy atom. The largest absolute Gasteiger partial charge is 0.369 e.